The van der Waals surface area contributed by atoms with Crippen LogP contribution >= 0.6 is 0 Å². The van der Waals surface area contributed by atoms with Crippen molar-refractivity contribution < 1.29 is 55.8 Å². The summed E-state index contributed by atoms with van der Waals surface area (Å²) >= 11 is 0. The van der Waals surface area contributed by atoms with Crippen molar-refractivity contribution in [2.45, 2.75) is 6.92 Å². The molecule has 0 fully saturated rings. The molecular weight excluding hydrogens is 158 g/mol. The standard InChI is InChI=1S/C6H10FN2.K/c1-2-9-5-6(3-7)4-8;/h3-5H,2,8H2,1H3;/q-1;+1/b6-4-,9-5?;. The Balaban J connectivity index is 0. The second-order valence-corrected chi connectivity index (χ2v) is 1.40. The van der Waals surface area contributed by atoms with Crippen LogP contribution in [0.25, 0.3) is 0 Å². The van der Waals surface area contributed by atoms with Crippen molar-refractivity contribution in [2.75, 3.05) is 6.54 Å². The Morgan fingerprint density at radius 1 is 1.80 bits per heavy atom. The molecule has 0 aliphatic heterocycles. The average molecular weight is 168 g/mol. The monoisotopic (exact) mass is 168 g/mol. The van der Waals surface area contributed by atoms with E-state index in [1.165, 1.54) is 12.4 Å². The maximum atomic E-state index is 11.6. The van der Waals surface area contributed by atoms with Gasteiger partial charge < -0.3 is 10.7 Å². The minimum absolute atomic E-state index is 0. The number of aliphatic imine (C=N–C) groups is 1. The Hall–Kier alpha value is 0.646. The second kappa shape index (κ2) is 9.65. The SMILES string of the molecule is CCN=C/C(=C\N)[CH-]F.[K+]. The minimum atomic E-state index is 0. The first-order valence-corrected chi connectivity index (χ1v) is 2.70. The number of hydrogen-bond acceptors (Lipinski definition) is 2. The van der Waals surface area contributed by atoms with Gasteiger partial charge in [-0.25, -0.2) is 0 Å². The third-order valence-corrected chi connectivity index (χ3v) is 0.741. The maximum absolute atomic E-state index is 11.6. The first-order chi connectivity index (χ1) is 4.35. The number of rotatable bonds is 3. The molecule has 0 aromatic carbocycles. The van der Waals surface area contributed by atoms with E-state index in [0.717, 1.165) is 0 Å². The summed E-state index contributed by atoms with van der Waals surface area (Å²) in [5, 5.41) is 0. The van der Waals surface area contributed by atoms with Gasteiger partial charge >= 0.3 is 51.4 Å². The molecule has 0 saturated carbocycles. The van der Waals surface area contributed by atoms with Crippen molar-refractivity contribution in [3.8, 4) is 0 Å². The Bertz CT molecular complexity index is 123. The van der Waals surface area contributed by atoms with Crippen LogP contribution in [-0.4, -0.2) is 12.8 Å². The van der Waals surface area contributed by atoms with E-state index in [0.29, 0.717) is 18.8 Å². The molecule has 0 heterocycles. The normalized spacial score (nSPS) is 11.2. The predicted octanol–water partition coefficient (Wildman–Crippen LogP) is -1.95. The van der Waals surface area contributed by atoms with Gasteiger partial charge in [0, 0.05) is 6.54 Å². The topological polar surface area (TPSA) is 38.4 Å². The zero-order valence-electron chi connectivity index (χ0n) is 6.34. The third-order valence-electron chi connectivity index (χ3n) is 0.741. The molecule has 0 aliphatic carbocycles. The van der Waals surface area contributed by atoms with E-state index in [1.54, 1.807) is 0 Å². The average Bonchev–Trinajstić information content (AvgIpc) is 1.91. The molecule has 0 spiro atoms. The predicted molar refractivity (Wildman–Crippen MR) is 36.7 cm³/mol. The zero-order chi connectivity index (χ0) is 7.11. The first kappa shape index (κ1) is 13.3. The molecule has 0 unspecified atom stereocenters. The zero-order valence-corrected chi connectivity index (χ0v) is 9.46. The molecule has 0 saturated heterocycles. The molecule has 2 nitrogen and oxygen atoms in total. The van der Waals surface area contributed by atoms with E-state index in [1.807, 2.05) is 6.92 Å². The molecule has 0 amide bonds. The van der Waals surface area contributed by atoms with Crippen LogP contribution in [-0.2, 0) is 0 Å². The second-order valence-electron chi connectivity index (χ2n) is 1.40. The number of halogens is 1. The summed E-state index contributed by atoms with van der Waals surface area (Å²) < 4.78 is 11.6. The molecule has 0 rings (SSSR count). The largest absolute Gasteiger partial charge is 1.00 e. The van der Waals surface area contributed by atoms with Gasteiger partial charge in [0.25, 0.3) is 0 Å². The molecule has 0 atom stereocenters. The molecule has 0 aliphatic rings. The summed E-state index contributed by atoms with van der Waals surface area (Å²) in [4.78, 5) is 3.77. The van der Waals surface area contributed by atoms with E-state index in [9.17, 15) is 4.39 Å². The van der Waals surface area contributed by atoms with E-state index < -0.39 is 0 Å². The fourth-order valence-corrected chi connectivity index (χ4v) is 0.304. The molecule has 2 N–H and O–H groups in total. The fraction of sp³-hybridized carbons (Fsp3) is 0.333. The Morgan fingerprint density at radius 3 is 2.70 bits per heavy atom. The van der Waals surface area contributed by atoms with E-state index in [4.69, 9.17) is 5.73 Å². The Labute approximate surface area is 103 Å². The quantitative estimate of drug-likeness (QED) is 0.297. The van der Waals surface area contributed by atoms with Crippen LogP contribution in [0.15, 0.2) is 16.8 Å². The van der Waals surface area contributed by atoms with Crippen molar-refractivity contribution in [3.63, 3.8) is 0 Å². The van der Waals surface area contributed by atoms with Gasteiger partial charge in [0.05, 0.1) is 0 Å². The van der Waals surface area contributed by atoms with E-state index in [-0.39, 0.29) is 51.4 Å². The summed E-state index contributed by atoms with van der Waals surface area (Å²) in [6.07, 6.45) is 2.55. The number of nitrogens with two attached hydrogens (primary N) is 1. The van der Waals surface area contributed by atoms with Gasteiger partial charge in [-0.2, -0.15) is 0 Å². The molecule has 52 valence electrons. The molecule has 0 aromatic heterocycles. The van der Waals surface area contributed by atoms with Crippen LogP contribution in [0, 0.1) is 6.67 Å². The maximum Gasteiger partial charge on any atom is 1.00 e. The molecule has 0 radical (unpaired) electrons. The summed E-state index contributed by atoms with van der Waals surface area (Å²) in [5.74, 6) is 0. The van der Waals surface area contributed by atoms with Crippen molar-refractivity contribution in [2.24, 2.45) is 10.7 Å². The number of nitrogens with zero attached hydrogens (tertiary/aromatic N) is 1. The number of allylic oxidation sites excluding steroid dienone is 1. The minimum Gasteiger partial charge on any atom is -0.455 e. The summed E-state index contributed by atoms with van der Waals surface area (Å²) in [6, 6.07) is 0. The van der Waals surface area contributed by atoms with Gasteiger partial charge in [-0.15, -0.1) is 11.8 Å². The Morgan fingerprint density at radius 2 is 2.40 bits per heavy atom. The van der Waals surface area contributed by atoms with Gasteiger partial charge in [0.2, 0.25) is 0 Å². The van der Waals surface area contributed by atoms with Crippen LogP contribution in [0.4, 0.5) is 4.39 Å². The van der Waals surface area contributed by atoms with Crippen LogP contribution in [0.5, 0.6) is 0 Å². The van der Waals surface area contributed by atoms with Gasteiger partial charge in [0.1, 0.15) is 0 Å². The van der Waals surface area contributed by atoms with Crippen LogP contribution in [0.2, 0.25) is 0 Å². The van der Waals surface area contributed by atoms with Gasteiger partial charge in [-0.3, -0.25) is 4.39 Å². The van der Waals surface area contributed by atoms with Crippen molar-refractivity contribution >= 4 is 6.21 Å². The van der Waals surface area contributed by atoms with Crippen molar-refractivity contribution in [1.29, 1.82) is 0 Å². The molecular formula is C6H10FKN2. The van der Waals surface area contributed by atoms with Gasteiger partial charge in [0.15, 0.2) is 0 Å². The first-order valence-electron chi connectivity index (χ1n) is 2.70. The Kier molecular flexibility index (Phi) is 12.8. The van der Waals surface area contributed by atoms with Gasteiger partial charge in [-0.1, -0.05) is 6.21 Å². The van der Waals surface area contributed by atoms with Crippen molar-refractivity contribution in [3.05, 3.63) is 18.4 Å². The third kappa shape index (κ3) is 6.76. The molecule has 0 aromatic rings. The van der Waals surface area contributed by atoms with Crippen LogP contribution in [0.1, 0.15) is 6.92 Å². The van der Waals surface area contributed by atoms with Crippen LogP contribution < -0.4 is 57.1 Å². The van der Waals surface area contributed by atoms with Gasteiger partial charge in [-0.05, 0) is 13.6 Å². The van der Waals surface area contributed by atoms with Crippen molar-refractivity contribution in [1.82, 2.24) is 0 Å². The smallest absolute Gasteiger partial charge is 0.455 e. The fourth-order valence-electron chi connectivity index (χ4n) is 0.304. The molecule has 10 heavy (non-hydrogen) atoms. The number of hydrogen-bond donors (Lipinski definition) is 1. The molecule has 4 heteroatoms. The summed E-state index contributed by atoms with van der Waals surface area (Å²) in [6.45, 7) is 2.92. The van der Waals surface area contributed by atoms with E-state index in [2.05, 4.69) is 4.99 Å². The van der Waals surface area contributed by atoms with E-state index >= 15 is 0 Å². The molecule has 0 bridgehead atoms. The summed E-state index contributed by atoms with van der Waals surface area (Å²) in [5.41, 5.74) is 5.30. The van der Waals surface area contributed by atoms with Crippen LogP contribution in [0.3, 0.4) is 0 Å². The summed E-state index contributed by atoms with van der Waals surface area (Å²) in [7, 11) is 0.